The van der Waals surface area contributed by atoms with Crippen molar-refractivity contribution in [2.75, 3.05) is 33.3 Å². The molecule has 1 unspecified atom stereocenters. The topological polar surface area (TPSA) is 110 Å². The summed E-state index contributed by atoms with van der Waals surface area (Å²) in [6.07, 6.45) is 0. The van der Waals surface area contributed by atoms with Crippen LogP contribution in [0.4, 0.5) is 5.69 Å². The first-order valence-electron chi connectivity index (χ1n) is 9.17. The molecule has 0 amide bonds. The molecule has 1 heterocycles. The molecule has 9 nitrogen and oxygen atoms in total. The lowest BCUT2D eigenvalue weighted by Crippen LogP contribution is -2.51. The van der Waals surface area contributed by atoms with E-state index in [0.717, 1.165) is 16.4 Å². The molecule has 1 atom stereocenters. The van der Waals surface area contributed by atoms with Crippen molar-refractivity contribution in [2.24, 2.45) is 0 Å². The Morgan fingerprint density at radius 1 is 1.13 bits per heavy atom. The third kappa shape index (κ3) is 4.83. The van der Waals surface area contributed by atoms with Crippen LogP contribution in [0, 0.1) is 10.1 Å². The number of nitrogens with zero attached hydrogens (tertiary/aromatic N) is 3. The number of halogens is 2. The van der Waals surface area contributed by atoms with Gasteiger partial charge in [0.25, 0.3) is 5.69 Å². The summed E-state index contributed by atoms with van der Waals surface area (Å²) in [5.74, 6) is -0.516. The highest BCUT2D eigenvalue weighted by Crippen LogP contribution is 2.32. The predicted molar refractivity (Wildman–Crippen MR) is 115 cm³/mol. The van der Waals surface area contributed by atoms with Gasteiger partial charge in [0, 0.05) is 42.3 Å². The van der Waals surface area contributed by atoms with Crippen molar-refractivity contribution in [3.05, 3.63) is 68.2 Å². The number of hydrogen-bond donors (Lipinski definition) is 0. The number of carbonyl (C=O) groups is 1. The van der Waals surface area contributed by atoms with Gasteiger partial charge in [-0.05, 0) is 23.8 Å². The molecule has 0 saturated carbocycles. The zero-order chi connectivity index (χ0) is 22.8. The first kappa shape index (κ1) is 23.4. The predicted octanol–water partition coefficient (Wildman–Crippen LogP) is 3.12. The Bertz CT molecular complexity index is 1100. The van der Waals surface area contributed by atoms with Gasteiger partial charge in [0.2, 0.25) is 10.0 Å². The second kappa shape index (κ2) is 9.49. The monoisotopic (exact) mass is 487 g/mol. The number of esters is 1. The maximum Gasteiger partial charge on any atom is 0.327 e. The molecule has 1 aliphatic heterocycles. The minimum Gasteiger partial charge on any atom is -0.468 e. The van der Waals surface area contributed by atoms with E-state index in [1.807, 2.05) is 0 Å². The lowest BCUT2D eigenvalue weighted by Gasteiger charge is -2.37. The van der Waals surface area contributed by atoms with Crippen LogP contribution in [0.5, 0.6) is 0 Å². The van der Waals surface area contributed by atoms with E-state index >= 15 is 0 Å². The van der Waals surface area contributed by atoms with Gasteiger partial charge >= 0.3 is 5.97 Å². The van der Waals surface area contributed by atoms with Gasteiger partial charge in [0.05, 0.1) is 12.0 Å². The minimum absolute atomic E-state index is 0.0278. The largest absolute Gasteiger partial charge is 0.468 e. The molecule has 1 aliphatic rings. The average Bonchev–Trinajstić information content (AvgIpc) is 2.75. The number of carbonyl (C=O) groups excluding carboxylic acids is 1. The molecule has 2 aromatic carbocycles. The van der Waals surface area contributed by atoms with Crippen LogP contribution >= 0.6 is 23.2 Å². The highest BCUT2D eigenvalue weighted by molar-refractivity contribution is 7.89. The first-order chi connectivity index (χ1) is 14.7. The van der Waals surface area contributed by atoms with E-state index in [1.54, 1.807) is 29.2 Å². The zero-order valence-corrected chi connectivity index (χ0v) is 18.7. The number of nitro groups is 1. The van der Waals surface area contributed by atoms with E-state index in [9.17, 15) is 23.3 Å². The van der Waals surface area contributed by atoms with Crippen molar-refractivity contribution in [1.29, 1.82) is 0 Å². The molecule has 12 heteroatoms. The van der Waals surface area contributed by atoms with Crippen LogP contribution in [-0.4, -0.2) is 61.8 Å². The molecule has 1 fully saturated rings. The summed E-state index contributed by atoms with van der Waals surface area (Å²) in [4.78, 5) is 24.4. The van der Waals surface area contributed by atoms with Crippen LogP contribution in [0.15, 0.2) is 47.4 Å². The molecule has 0 radical (unpaired) electrons. The third-order valence-corrected chi connectivity index (χ3v) is 7.52. The van der Waals surface area contributed by atoms with E-state index in [2.05, 4.69) is 0 Å². The second-order valence-corrected chi connectivity index (χ2v) is 9.51. The van der Waals surface area contributed by atoms with Gasteiger partial charge in [-0.3, -0.25) is 15.0 Å². The van der Waals surface area contributed by atoms with Gasteiger partial charge in [-0.15, -0.1) is 0 Å². The Morgan fingerprint density at radius 2 is 1.77 bits per heavy atom. The summed E-state index contributed by atoms with van der Waals surface area (Å²) in [6, 6.07) is 9.49. The summed E-state index contributed by atoms with van der Waals surface area (Å²) in [5.41, 5.74) is -0.0286. The van der Waals surface area contributed by atoms with Gasteiger partial charge in [0.1, 0.15) is 6.04 Å². The lowest BCUT2D eigenvalue weighted by atomic mass is 10.0. The van der Waals surface area contributed by atoms with Crippen molar-refractivity contribution in [3.8, 4) is 0 Å². The molecule has 0 aliphatic carbocycles. The van der Waals surface area contributed by atoms with Crippen molar-refractivity contribution < 1.29 is 22.9 Å². The van der Waals surface area contributed by atoms with Crippen molar-refractivity contribution in [2.45, 2.75) is 10.9 Å². The van der Waals surface area contributed by atoms with Crippen LogP contribution in [-0.2, 0) is 19.6 Å². The standard InChI is InChI=1S/C19H19Cl2N3O6S/c1-30-19(25)18(14-4-2-3-5-15(14)21)22-8-10-23(11-9-22)31(28,29)17-7-6-13(20)12-16(17)24(26)27/h2-7,12,18H,8-11H2,1H3. The SMILES string of the molecule is COC(=O)C(c1ccccc1Cl)N1CCN(S(=O)(=O)c2ccc(Cl)cc2[N+](=O)[O-])CC1. The van der Waals surface area contributed by atoms with Gasteiger partial charge in [-0.2, -0.15) is 4.31 Å². The summed E-state index contributed by atoms with van der Waals surface area (Å²) in [5, 5.41) is 11.8. The van der Waals surface area contributed by atoms with E-state index in [4.69, 9.17) is 27.9 Å². The molecule has 3 rings (SSSR count). The maximum absolute atomic E-state index is 13.1. The van der Waals surface area contributed by atoms with E-state index in [-0.39, 0.29) is 31.2 Å². The van der Waals surface area contributed by atoms with E-state index in [1.165, 1.54) is 13.2 Å². The van der Waals surface area contributed by atoms with Crippen LogP contribution in [0.2, 0.25) is 10.0 Å². The molecule has 2 aromatic rings. The van der Waals surface area contributed by atoms with Crippen molar-refractivity contribution in [1.82, 2.24) is 9.21 Å². The number of sulfonamides is 1. The number of hydrogen-bond acceptors (Lipinski definition) is 7. The molecule has 0 N–H and O–H groups in total. The van der Waals surface area contributed by atoms with Crippen LogP contribution < -0.4 is 0 Å². The third-order valence-electron chi connectivity index (χ3n) is 5.00. The van der Waals surface area contributed by atoms with Crippen LogP contribution in [0.3, 0.4) is 0 Å². The molecular weight excluding hydrogens is 469 g/mol. The van der Waals surface area contributed by atoms with Crippen LogP contribution in [0.25, 0.3) is 0 Å². The number of piperazine rings is 1. The van der Waals surface area contributed by atoms with Gasteiger partial charge < -0.3 is 4.74 Å². The zero-order valence-electron chi connectivity index (χ0n) is 16.4. The maximum atomic E-state index is 13.1. The molecular formula is C19H19Cl2N3O6S. The number of benzene rings is 2. The smallest absolute Gasteiger partial charge is 0.327 e. The number of ether oxygens (including phenoxy) is 1. The summed E-state index contributed by atoms with van der Waals surface area (Å²) >= 11 is 12.1. The lowest BCUT2D eigenvalue weighted by molar-refractivity contribution is -0.387. The summed E-state index contributed by atoms with van der Waals surface area (Å²) in [7, 11) is -2.87. The van der Waals surface area contributed by atoms with Gasteiger partial charge in [-0.25, -0.2) is 13.2 Å². The number of methoxy groups -OCH3 is 1. The normalized spacial score (nSPS) is 16.6. The Hall–Kier alpha value is -2.24. The number of nitro benzene ring substituents is 1. The Labute approximate surface area is 189 Å². The fraction of sp³-hybridized carbons (Fsp3) is 0.316. The van der Waals surface area contributed by atoms with Gasteiger partial charge in [0.15, 0.2) is 4.90 Å². The molecule has 31 heavy (non-hydrogen) atoms. The second-order valence-electron chi connectivity index (χ2n) is 6.76. The van der Waals surface area contributed by atoms with E-state index < -0.39 is 37.5 Å². The average molecular weight is 488 g/mol. The molecule has 0 spiro atoms. The molecule has 0 bridgehead atoms. The highest BCUT2D eigenvalue weighted by atomic mass is 35.5. The molecule has 1 saturated heterocycles. The Kier molecular flexibility index (Phi) is 7.17. The fourth-order valence-corrected chi connectivity index (χ4v) is 5.44. The summed E-state index contributed by atoms with van der Waals surface area (Å²) < 4.78 is 32.2. The first-order valence-corrected chi connectivity index (χ1v) is 11.4. The Balaban J connectivity index is 1.85. The van der Waals surface area contributed by atoms with Crippen molar-refractivity contribution in [3.63, 3.8) is 0 Å². The molecule has 166 valence electrons. The quantitative estimate of drug-likeness (QED) is 0.349. The van der Waals surface area contributed by atoms with Crippen molar-refractivity contribution >= 4 is 44.9 Å². The van der Waals surface area contributed by atoms with E-state index in [0.29, 0.717) is 10.6 Å². The Morgan fingerprint density at radius 3 is 2.35 bits per heavy atom. The van der Waals surface area contributed by atoms with Gasteiger partial charge in [-0.1, -0.05) is 41.4 Å². The van der Waals surface area contributed by atoms with Crippen LogP contribution in [0.1, 0.15) is 11.6 Å². The number of rotatable bonds is 6. The summed E-state index contributed by atoms with van der Waals surface area (Å²) in [6.45, 7) is 0.456. The highest BCUT2D eigenvalue weighted by Gasteiger charge is 2.38. The molecule has 0 aromatic heterocycles. The minimum atomic E-state index is -4.14. The fourth-order valence-electron chi connectivity index (χ4n) is 3.47.